The van der Waals surface area contributed by atoms with Gasteiger partial charge in [0.2, 0.25) is 0 Å². The highest BCUT2D eigenvalue weighted by atomic mass is 16.2. The summed E-state index contributed by atoms with van der Waals surface area (Å²) in [5.74, 6) is 0.623. The summed E-state index contributed by atoms with van der Waals surface area (Å²) in [6, 6.07) is 0.104. The van der Waals surface area contributed by atoms with E-state index in [1.165, 1.54) is 0 Å². The lowest BCUT2D eigenvalue weighted by atomic mass is 10.0. The highest BCUT2D eigenvalue weighted by molar-refractivity contribution is 4.91. The molecule has 0 aliphatic heterocycles. The summed E-state index contributed by atoms with van der Waals surface area (Å²) >= 11 is 0. The van der Waals surface area contributed by atoms with Crippen molar-refractivity contribution in [2.24, 2.45) is 11.7 Å². The molecule has 0 radical (unpaired) electrons. The zero-order valence-electron chi connectivity index (χ0n) is 6.75. The lowest BCUT2D eigenvalue weighted by molar-refractivity contribution is 0.342. The standard InChI is InChI=1S/C8H17NO/c1-7(2)6-8(9)4-3-5-10/h3-4,7-8,10H,5-6,9H2,1-2H3/b4-3+. The van der Waals surface area contributed by atoms with Gasteiger partial charge in [0.15, 0.2) is 0 Å². The van der Waals surface area contributed by atoms with Crippen molar-refractivity contribution in [3.8, 4) is 0 Å². The number of aliphatic hydroxyl groups is 1. The van der Waals surface area contributed by atoms with E-state index in [1.807, 2.05) is 6.08 Å². The van der Waals surface area contributed by atoms with Gasteiger partial charge in [-0.05, 0) is 12.3 Å². The predicted molar refractivity (Wildman–Crippen MR) is 43.7 cm³/mol. The number of rotatable bonds is 4. The Morgan fingerprint density at radius 1 is 1.50 bits per heavy atom. The first kappa shape index (κ1) is 9.66. The molecule has 0 rings (SSSR count). The van der Waals surface area contributed by atoms with Crippen LogP contribution in [0.3, 0.4) is 0 Å². The zero-order chi connectivity index (χ0) is 7.98. The highest BCUT2D eigenvalue weighted by Crippen LogP contribution is 2.02. The number of aliphatic hydroxyl groups excluding tert-OH is 1. The van der Waals surface area contributed by atoms with Gasteiger partial charge in [-0.3, -0.25) is 0 Å². The quantitative estimate of drug-likeness (QED) is 0.574. The van der Waals surface area contributed by atoms with Crippen molar-refractivity contribution in [1.29, 1.82) is 0 Å². The van der Waals surface area contributed by atoms with E-state index in [0.29, 0.717) is 5.92 Å². The van der Waals surface area contributed by atoms with Crippen molar-refractivity contribution in [3.63, 3.8) is 0 Å². The maximum absolute atomic E-state index is 8.41. The second-order valence-electron chi connectivity index (χ2n) is 2.90. The maximum Gasteiger partial charge on any atom is 0.0612 e. The Balaban J connectivity index is 3.42. The monoisotopic (exact) mass is 143 g/mol. The van der Waals surface area contributed by atoms with Crippen LogP contribution < -0.4 is 5.73 Å². The molecule has 0 fully saturated rings. The van der Waals surface area contributed by atoms with Crippen LogP contribution in [-0.4, -0.2) is 17.8 Å². The van der Waals surface area contributed by atoms with E-state index < -0.39 is 0 Å². The van der Waals surface area contributed by atoms with Gasteiger partial charge in [-0.2, -0.15) is 0 Å². The highest BCUT2D eigenvalue weighted by Gasteiger charge is 1.99. The van der Waals surface area contributed by atoms with Crippen molar-refractivity contribution in [1.82, 2.24) is 0 Å². The summed E-state index contributed by atoms with van der Waals surface area (Å²) in [5, 5.41) is 8.41. The van der Waals surface area contributed by atoms with E-state index in [2.05, 4.69) is 13.8 Å². The fourth-order valence-corrected chi connectivity index (χ4v) is 0.859. The zero-order valence-corrected chi connectivity index (χ0v) is 6.75. The molecule has 2 heteroatoms. The van der Waals surface area contributed by atoms with Crippen molar-refractivity contribution >= 4 is 0 Å². The molecule has 0 saturated carbocycles. The molecular weight excluding hydrogens is 126 g/mol. The number of nitrogens with two attached hydrogens (primary N) is 1. The second-order valence-corrected chi connectivity index (χ2v) is 2.90. The summed E-state index contributed by atoms with van der Waals surface area (Å²) in [4.78, 5) is 0. The Hall–Kier alpha value is -0.340. The van der Waals surface area contributed by atoms with Crippen LogP contribution in [0.25, 0.3) is 0 Å². The van der Waals surface area contributed by atoms with Crippen LogP contribution in [0.5, 0.6) is 0 Å². The molecule has 1 atom stereocenters. The first-order valence-electron chi connectivity index (χ1n) is 3.70. The summed E-state index contributed by atoms with van der Waals surface area (Å²) in [6.45, 7) is 4.35. The maximum atomic E-state index is 8.41. The van der Waals surface area contributed by atoms with E-state index in [0.717, 1.165) is 6.42 Å². The van der Waals surface area contributed by atoms with Gasteiger partial charge in [-0.15, -0.1) is 0 Å². The largest absolute Gasteiger partial charge is 0.392 e. The van der Waals surface area contributed by atoms with Crippen molar-refractivity contribution in [3.05, 3.63) is 12.2 Å². The van der Waals surface area contributed by atoms with E-state index >= 15 is 0 Å². The van der Waals surface area contributed by atoms with Gasteiger partial charge in [-0.1, -0.05) is 26.0 Å². The van der Waals surface area contributed by atoms with Gasteiger partial charge in [0.1, 0.15) is 0 Å². The SMILES string of the molecule is CC(C)CC(N)/C=C/CO. The predicted octanol–water partition coefficient (Wildman–Crippen LogP) is 0.908. The Kier molecular flexibility index (Phi) is 5.26. The summed E-state index contributed by atoms with van der Waals surface area (Å²) in [6.07, 6.45) is 4.52. The molecule has 3 N–H and O–H groups in total. The fourth-order valence-electron chi connectivity index (χ4n) is 0.859. The molecule has 0 aromatic heterocycles. The van der Waals surface area contributed by atoms with E-state index in [-0.39, 0.29) is 12.6 Å². The smallest absolute Gasteiger partial charge is 0.0612 e. The average Bonchev–Trinajstić information content (AvgIpc) is 1.82. The molecule has 10 heavy (non-hydrogen) atoms. The third kappa shape index (κ3) is 5.79. The molecule has 0 aliphatic rings. The molecule has 0 aliphatic carbocycles. The molecule has 2 nitrogen and oxygen atoms in total. The van der Waals surface area contributed by atoms with E-state index in [1.54, 1.807) is 6.08 Å². The van der Waals surface area contributed by atoms with Crippen LogP contribution in [0.2, 0.25) is 0 Å². The lowest BCUT2D eigenvalue weighted by Crippen LogP contribution is -2.19. The molecule has 0 aromatic rings. The van der Waals surface area contributed by atoms with Crippen LogP contribution in [0.1, 0.15) is 20.3 Å². The van der Waals surface area contributed by atoms with Crippen LogP contribution in [0, 0.1) is 5.92 Å². The second kappa shape index (κ2) is 5.45. The minimum atomic E-state index is 0.0891. The van der Waals surface area contributed by atoms with Crippen molar-refractivity contribution in [2.45, 2.75) is 26.3 Å². The first-order valence-corrected chi connectivity index (χ1v) is 3.70. The van der Waals surface area contributed by atoms with Gasteiger partial charge in [0, 0.05) is 6.04 Å². The van der Waals surface area contributed by atoms with Gasteiger partial charge < -0.3 is 10.8 Å². The Morgan fingerprint density at radius 3 is 2.50 bits per heavy atom. The Labute approximate surface area is 62.7 Å². The first-order chi connectivity index (χ1) is 4.66. The molecule has 0 heterocycles. The third-order valence-corrected chi connectivity index (χ3v) is 1.23. The molecule has 0 saturated heterocycles. The van der Waals surface area contributed by atoms with Gasteiger partial charge in [0.25, 0.3) is 0 Å². The molecule has 0 bridgehead atoms. The van der Waals surface area contributed by atoms with Crippen molar-refractivity contribution in [2.75, 3.05) is 6.61 Å². The summed E-state index contributed by atoms with van der Waals surface area (Å²) in [5.41, 5.74) is 5.66. The van der Waals surface area contributed by atoms with Gasteiger partial charge in [0.05, 0.1) is 6.61 Å². The van der Waals surface area contributed by atoms with Crippen molar-refractivity contribution < 1.29 is 5.11 Å². The molecule has 60 valence electrons. The van der Waals surface area contributed by atoms with Gasteiger partial charge in [-0.25, -0.2) is 0 Å². The lowest BCUT2D eigenvalue weighted by Gasteiger charge is -2.08. The van der Waals surface area contributed by atoms with Crippen LogP contribution in [0.15, 0.2) is 12.2 Å². The Bertz CT molecular complexity index is 99.4. The molecule has 0 aromatic carbocycles. The normalized spacial score (nSPS) is 14.9. The van der Waals surface area contributed by atoms with Crippen LogP contribution >= 0.6 is 0 Å². The topological polar surface area (TPSA) is 46.2 Å². The van der Waals surface area contributed by atoms with Crippen LogP contribution in [-0.2, 0) is 0 Å². The molecule has 0 amide bonds. The molecule has 1 unspecified atom stereocenters. The molecule has 0 spiro atoms. The van der Waals surface area contributed by atoms with E-state index in [4.69, 9.17) is 10.8 Å². The third-order valence-electron chi connectivity index (χ3n) is 1.23. The van der Waals surface area contributed by atoms with E-state index in [9.17, 15) is 0 Å². The minimum absolute atomic E-state index is 0.0891. The summed E-state index contributed by atoms with van der Waals surface area (Å²) < 4.78 is 0. The Morgan fingerprint density at radius 2 is 2.10 bits per heavy atom. The number of hydrogen-bond acceptors (Lipinski definition) is 2. The number of hydrogen-bond donors (Lipinski definition) is 2. The average molecular weight is 143 g/mol. The summed E-state index contributed by atoms with van der Waals surface area (Å²) in [7, 11) is 0. The van der Waals surface area contributed by atoms with Crippen LogP contribution in [0.4, 0.5) is 0 Å². The fraction of sp³-hybridized carbons (Fsp3) is 0.750. The molecular formula is C8H17NO. The van der Waals surface area contributed by atoms with Gasteiger partial charge >= 0.3 is 0 Å². The minimum Gasteiger partial charge on any atom is -0.392 e.